The smallest absolute Gasteiger partial charge is 0.242 e. The van der Waals surface area contributed by atoms with Crippen LogP contribution in [0.25, 0.3) is 0 Å². The normalized spacial score (nSPS) is 17.5. The molecule has 308 valence electrons. The largest absolute Gasteiger partial charge is 0.379 e. The van der Waals surface area contributed by atoms with Crippen LogP contribution < -0.4 is 16.0 Å². The Hall–Kier alpha value is -3.55. The highest BCUT2D eigenvalue weighted by Gasteiger charge is 2.40. The van der Waals surface area contributed by atoms with E-state index in [1.54, 1.807) is 45.2 Å². The van der Waals surface area contributed by atoms with E-state index in [1.807, 2.05) is 77.0 Å². The lowest BCUT2D eigenvalue weighted by Crippen LogP contribution is -2.52. The summed E-state index contributed by atoms with van der Waals surface area (Å²) in [5, 5.41) is 8.14. The summed E-state index contributed by atoms with van der Waals surface area (Å²) in [6.45, 7) is 12.8. The molecular weight excluding hydrogens is 688 g/mol. The van der Waals surface area contributed by atoms with Gasteiger partial charge in [0.15, 0.2) is 0 Å². The van der Waals surface area contributed by atoms with Gasteiger partial charge in [0.25, 0.3) is 0 Å². The molecule has 1 aromatic rings. The lowest BCUT2D eigenvalue weighted by atomic mass is 9.90. The van der Waals surface area contributed by atoms with Gasteiger partial charge in [-0.3, -0.25) is 28.9 Å². The SMILES string of the molecule is CCC(C)C(C(CC(=O)N1CCCC1C(CC(=O)NC(Cc1ccccc1)C(=O)NC)OC)OC)N(C)C(=O)CC(C)C.CNC(=O)C(C(C)C)N(C)C. The van der Waals surface area contributed by atoms with E-state index in [0.29, 0.717) is 31.7 Å². The molecule has 0 aliphatic carbocycles. The number of rotatable bonds is 20. The number of ether oxygens (including phenoxy) is 2. The molecule has 0 spiro atoms. The van der Waals surface area contributed by atoms with Gasteiger partial charge in [-0.1, -0.05) is 78.3 Å². The number of amides is 5. The first-order chi connectivity index (χ1) is 25.5. The average Bonchev–Trinajstić information content (AvgIpc) is 3.62. The number of hydrogen-bond acceptors (Lipinski definition) is 8. The molecule has 1 saturated heterocycles. The van der Waals surface area contributed by atoms with Crippen molar-refractivity contribution in [1.29, 1.82) is 0 Å². The Kier molecular flexibility index (Phi) is 22.2. The maximum Gasteiger partial charge on any atom is 0.242 e. The Labute approximate surface area is 325 Å². The van der Waals surface area contributed by atoms with Gasteiger partial charge in [0.05, 0.1) is 43.2 Å². The second-order valence-electron chi connectivity index (χ2n) is 15.4. The predicted octanol–water partition coefficient (Wildman–Crippen LogP) is 3.50. The second-order valence-corrected chi connectivity index (χ2v) is 15.4. The molecule has 5 amide bonds. The van der Waals surface area contributed by atoms with Crippen molar-refractivity contribution in [1.82, 2.24) is 30.7 Å². The van der Waals surface area contributed by atoms with Crippen LogP contribution in [0.5, 0.6) is 0 Å². The van der Waals surface area contributed by atoms with Crippen molar-refractivity contribution in [2.24, 2.45) is 17.8 Å². The van der Waals surface area contributed by atoms with Crippen molar-refractivity contribution < 1.29 is 33.4 Å². The highest BCUT2D eigenvalue weighted by molar-refractivity contribution is 5.88. The minimum atomic E-state index is -0.728. The van der Waals surface area contributed by atoms with Gasteiger partial charge in [0.1, 0.15) is 6.04 Å². The number of likely N-dealkylation sites (N-methyl/N-ethyl adjacent to an activating group) is 4. The van der Waals surface area contributed by atoms with Crippen LogP contribution in [0.2, 0.25) is 0 Å². The Morgan fingerprint density at radius 1 is 0.870 bits per heavy atom. The molecule has 13 nitrogen and oxygen atoms in total. The summed E-state index contributed by atoms with van der Waals surface area (Å²) >= 11 is 0. The molecule has 1 aliphatic rings. The van der Waals surface area contributed by atoms with Crippen LogP contribution in [-0.4, -0.2) is 137 Å². The third kappa shape index (κ3) is 15.3. The summed E-state index contributed by atoms with van der Waals surface area (Å²) in [6, 6.07) is 8.25. The first-order valence-corrected chi connectivity index (χ1v) is 19.5. The van der Waals surface area contributed by atoms with Crippen LogP contribution in [0.4, 0.5) is 0 Å². The van der Waals surface area contributed by atoms with Gasteiger partial charge in [-0.25, -0.2) is 0 Å². The quantitative estimate of drug-likeness (QED) is 0.183. The van der Waals surface area contributed by atoms with E-state index in [9.17, 15) is 24.0 Å². The Morgan fingerprint density at radius 2 is 1.48 bits per heavy atom. The zero-order chi connectivity index (χ0) is 41.1. The number of hydrogen-bond donors (Lipinski definition) is 3. The number of nitrogens with one attached hydrogen (secondary N) is 3. The third-order valence-corrected chi connectivity index (χ3v) is 10.3. The van der Waals surface area contributed by atoms with Gasteiger partial charge in [-0.2, -0.15) is 0 Å². The fourth-order valence-corrected chi connectivity index (χ4v) is 7.35. The topological polar surface area (TPSA) is 150 Å². The van der Waals surface area contributed by atoms with Crippen LogP contribution in [0.1, 0.15) is 85.6 Å². The molecule has 3 N–H and O–H groups in total. The maximum atomic E-state index is 13.8. The van der Waals surface area contributed by atoms with Crippen molar-refractivity contribution in [3.8, 4) is 0 Å². The van der Waals surface area contributed by atoms with E-state index in [4.69, 9.17) is 9.47 Å². The van der Waals surface area contributed by atoms with Gasteiger partial charge in [-0.15, -0.1) is 0 Å². The van der Waals surface area contributed by atoms with E-state index in [0.717, 1.165) is 18.4 Å². The lowest BCUT2D eigenvalue weighted by Gasteiger charge is -2.39. The lowest BCUT2D eigenvalue weighted by molar-refractivity contribution is -0.145. The Bertz CT molecular complexity index is 1290. The predicted molar refractivity (Wildman–Crippen MR) is 214 cm³/mol. The molecule has 0 radical (unpaired) electrons. The third-order valence-electron chi connectivity index (χ3n) is 10.3. The van der Waals surface area contributed by atoms with E-state index >= 15 is 0 Å². The average molecular weight is 761 g/mol. The number of nitrogens with zero attached hydrogens (tertiary/aromatic N) is 3. The van der Waals surface area contributed by atoms with Gasteiger partial charge < -0.3 is 35.2 Å². The molecule has 7 atom stereocenters. The van der Waals surface area contributed by atoms with Crippen LogP contribution in [0.15, 0.2) is 30.3 Å². The standard InChI is InChI=1S/C33H54N4O6.C8H18N2O/c1-9-23(4)32(36(6)30(39)18-22(2)3)28(43-8)21-31(40)37-17-13-16-26(37)27(42-7)20-29(38)35-25(33(41)34-5)19-24-14-11-10-12-15-24;1-6(2)7(10(4)5)8(11)9-3/h10-12,14-15,22-23,25-28,32H,9,13,16-21H2,1-8H3,(H,34,41)(H,35,38);6-7H,1-5H3,(H,9,11). The van der Waals surface area contributed by atoms with Crippen molar-refractivity contribution in [2.45, 2.75) is 123 Å². The molecule has 7 unspecified atom stereocenters. The van der Waals surface area contributed by atoms with Crippen molar-refractivity contribution in [3.63, 3.8) is 0 Å². The molecule has 0 saturated carbocycles. The number of methoxy groups -OCH3 is 2. The van der Waals surface area contributed by atoms with Gasteiger partial charge >= 0.3 is 0 Å². The van der Waals surface area contributed by atoms with E-state index in [-0.39, 0.29) is 72.3 Å². The zero-order valence-electron chi connectivity index (χ0n) is 35.4. The monoisotopic (exact) mass is 761 g/mol. The Morgan fingerprint density at radius 3 is 1.94 bits per heavy atom. The molecule has 1 fully saturated rings. The molecule has 1 heterocycles. The summed E-state index contributed by atoms with van der Waals surface area (Å²) in [5.74, 6) is 0.176. The first-order valence-electron chi connectivity index (χ1n) is 19.5. The number of carbonyl (C=O) groups excluding carboxylic acids is 5. The first kappa shape index (κ1) is 48.5. The van der Waals surface area contributed by atoms with Crippen molar-refractivity contribution in [2.75, 3.05) is 56.0 Å². The Balaban J connectivity index is 0.00000114. The zero-order valence-corrected chi connectivity index (χ0v) is 35.4. The molecular formula is C41H72N6O7. The number of likely N-dealkylation sites (tertiary alicyclic amines) is 1. The maximum absolute atomic E-state index is 13.8. The van der Waals surface area contributed by atoms with Gasteiger partial charge in [0, 0.05) is 54.7 Å². The fourth-order valence-electron chi connectivity index (χ4n) is 7.35. The second kappa shape index (κ2) is 24.8. The molecule has 13 heteroatoms. The molecule has 54 heavy (non-hydrogen) atoms. The van der Waals surface area contributed by atoms with E-state index < -0.39 is 18.2 Å². The molecule has 0 bridgehead atoms. The summed E-state index contributed by atoms with van der Waals surface area (Å²) in [5.41, 5.74) is 0.937. The van der Waals surface area contributed by atoms with Crippen molar-refractivity contribution >= 4 is 29.5 Å². The van der Waals surface area contributed by atoms with Gasteiger partial charge in [-0.05, 0) is 50.3 Å². The summed E-state index contributed by atoms with van der Waals surface area (Å²) < 4.78 is 11.7. The van der Waals surface area contributed by atoms with Crippen molar-refractivity contribution in [3.05, 3.63) is 35.9 Å². The minimum absolute atomic E-state index is 0.0139. The summed E-state index contributed by atoms with van der Waals surface area (Å²) in [6.07, 6.45) is 2.28. The minimum Gasteiger partial charge on any atom is -0.379 e. The highest BCUT2D eigenvalue weighted by atomic mass is 16.5. The highest BCUT2D eigenvalue weighted by Crippen LogP contribution is 2.28. The van der Waals surface area contributed by atoms with E-state index in [1.165, 1.54) is 0 Å². The van der Waals surface area contributed by atoms with Crippen LogP contribution in [-0.2, 0) is 39.9 Å². The van der Waals surface area contributed by atoms with Crippen LogP contribution in [0, 0.1) is 17.8 Å². The fraction of sp³-hybridized carbons (Fsp3) is 0.732. The van der Waals surface area contributed by atoms with Crippen LogP contribution in [0.3, 0.4) is 0 Å². The molecule has 2 rings (SSSR count). The van der Waals surface area contributed by atoms with Gasteiger partial charge in [0.2, 0.25) is 29.5 Å². The molecule has 0 aromatic heterocycles. The number of benzene rings is 1. The number of carbonyl (C=O) groups is 5. The summed E-state index contributed by atoms with van der Waals surface area (Å²) in [4.78, 5) is 69.2. The molecule has 1 aliphatic heterocycles. The summed E-state index contributed by atoms with van der Waals surface area (Å²) in [7, 11) is 12.0. The van der Waals surface area contributed by atoms with Crippen LogP contribution >= 0.6 is 0 Å². The van der Waals surface area contributed by atoms with E-state index in [2.05, 4.69) is 29.8 Å². The molecule has 1 aromatic carbocycles.